The van der Waals surface area contributed by atoms with Gasteiger partial charge in [-0.1, -0.05) is 48.9 Å². The van der Waals surface area contributed by atoms with Crippen LogP contribution in [0.4, 0.5) is 0 Å². The van der Waals surface area contributed by atoms with Crippen molar-refractivity contribution in [1.29, 1.82) is 0 Å². The van der Waals surface area contributed by atoms with Gasteiger partial charge < -0.3 is 15.4 Å². The normalized spacial score (nSPS) is 18.9. The molecule has 1 aliphatic rings. The number of aromatic amines is 1. The minimum Gasteiger partial charge on any atom is -0.388 e. The molecule has 0 saturated heterocycles. The maximum Gasteiger partial charge on any atom is 0.267 e. The van der Waals surface area contributed by atoms with Gasteiger partial charge >= 0.3 is 0 Å². The molecule has 0 atom stereocenters. The highest BCUT2D eigenvalue weighted by Crippen LogP contribution is 2.26. The molecule has 0 radical (unpaired) electrons. The van der Waals surface area contributed by atoms with E-state index in [1.54, 1.807) is 0 Å². The van der Waals surface area contributed by atoms with Crippen molar-refractivity contribution < 1.29 is 9.90 Å². The van der Waals surface area contributed by atoms with Gasteiger partial charge in [0.1, 0.15) is 10.8 Å². The molecule has 1 aromatic heterocycles. The quantitative estimate of drug-likeness (QED) is 0.751. The molecule has 1 amide bonds. The smallest absolute Gasteiger partial charge is 0.267 e. The minimum atomic E-state index is -0.785. The largest absolute Gasteiger partial charge is 0.388 e. The summed E-state index contributed by atoms with van der Waals surface area (Å²) in [6, 6.07) is 1.48. The number of nitrogens with one attached hydrogen (secondary N) is 2. The second kappa shape index (κ2) is 6.16. The van der Waals surface area contributed by atoms with Crippen LogP contribution in [0, 0.1) is 0 Å². The number of aliphatic hydroxyl groups is 1. The Morgan fingerprint density at radius 2 is 1.95 bits per heavy atom. The first-order valence-electron chi connectivity index (χ1n) is 6.55. The summed E-state index contributed by atoms with van der Waals surface area (Å²) in [6.45, 7) is 0.264. The molecule has 19 heavy (non-hydrogen) atoms. The fraction of sp³-hybridized carbons (Fsp3) is 0.615. The van der Waals surface area contributed by atoms with E-state index in [4.69, 9.17) is 23.2 Å². The van der Waals surface area contributed by atoms with Crippen molar-refractivity contribution in [3.05, 3.63) is 21.9 Å². The fourth-order valence-corrected chi connectivity index (χ4v) is 2.74. The van der Waals surface area contributed by atoms with Gasteiger partial charge in [-0.25, -0.2) is 0 Å². The van der Waals surface area contributed by atoms with E-state index in [0.717, 1.165) is 38.5 Å². The van der Waals surface area contributed by atoms with Gasteiger partial charge in [-0.3, -0.25) is 4.79 Å². The third-order valence-corrected chi connectivity index (χ3v) is 4.27. The highest BCUT2D eigenvalue weighted by Gasteiger charge is 2.28. The van der Waals surface area contributed by atoms with Crippen LogP contribution in [0.25, 0.3) is 0 Å². The van der Waals surface area contributed by atoms with E-state index >= 15 is 0 Å². The van der Waals surface area contributed by atoms with Gasteiger partial charge in [0.25, 0.3) is 5.91 Å². The molecule has 1 fully saturated rings. The lowest BCUT2D eigenvalue weighted by Gasteiger charge is -2.26. The lowest BCUT2D eigenvalue weighted by atomic mass is 9.94. The maximum atomic E-state index is 11.9. The molecule has 0 unspecified atom stereocenters. The Morgan fingerprint density at radius 1 is 1.32 bits per heavy atom. The highest BCUT2D eigenvalue weighted by atomic mass is 35.5. The summed E-state index contributed by atoms with van der Waals surface area (Å²) >= 11 is 11.5. The van der Waals surface area contributed by atoms with E-state index in [9.17, 15) is 9.90 Å². The number of amides is 1. The van der Waals surface area contributed by atoms with Crippen LogP contribution >= 0.6 is 23.2 Å². The average Bonchev–Trinajstić information content (AvgIpc) is 2.60. The second-order valence-electron chi connectivity index (χ2n) is 5.17. The molecule has 2 rings (SSSR count). The Kier molecular flexibility index (Phi) is 4.76. The van der Waals surface area contributed by atoms with Crippen LogP contribution in [0.2, 0.25) is 10.2 Å². The number of hydrogen-bond donors (Lipinski definition) is 3. The zero-order valence-corrected chi connectivity index (χ0v) is 12.2. The Balaban J connectivity index is 1.92. The molecule has 6 heteroatoms. The lowest BCUT2D eigenvalue weighted by Crippen LogP contribution is -2.42. The van der Waals surface area contributed by atoms with Gasteiger partial charge in [-0.05, 0) is 18.9 Å². The molecule has 1 saturated carbocycles. The third-order valence-electron chi connectivity index (χ3n) is 3.58. The van der Waals surface area contributed by atoms with E-state index in [1.165, 1.54) is 6.07 Å². The van der Waals surface area contributed by atoms with Crippen molar-refractivity contribution in [1.82, 2.24) is 10.3 Å². The molecule has 106 valence electrons. The zero-order chi connectivity index (χ0) is 13.9. The first-order chi connectivity index (χ1) is 9.00. The lowest BCUT2D eigenvalue weighted by molar-refractivity contribution is 0.0246. The summed E-state index contributed by atoms with van der Waals surface area (Å²) in [5.74, 6) is -0.300. The highest BCUT2D eigenvalue weighted by molar-refractivity contribution is 6.41. The first-order valence-corrected chi connectivity index (χ1v) is 7.30. The summed E-state index contributed by atoms with van der Waals surface area (Å²) in [5.41, 5.74) is -0.473. The predicted molar refractivity (Wildman–Crippen MR) is 75.8 cm³/mol. The van der Waals surface area contributed by atoms with Crippen LogP contribution in [-0.2, 0) is 0 Å². The van der Waals surface area contributed by atoms with E-state index in [2.05, 4.69) is 10.3 Å². The van der Waals surface area contributed by atoms with E-state index in [-0.39, 0.29) is 17.6 Å². The van der Waals surface area contributed by atoms with Crippen molar-refractivity contribution in [2.75, 3.05) is 6.54 Å². The van der Waals surface area contributed by atoms with Gasteiger partial charge in [0.05, 0.1) is 10.6 Å². The molecule has 1 heterocycles. The Morgan fingerprint density at radius 3 is 2.47 bits per heavy atom. The van der Waals surface area contributed by atoms with Gasteiger partial charge in [-0.15, -0.1) is 0 Å². The molecule has 0 spiro atoms. The van der Waals surface area contributed by atoms with Crippen molar-refractivity contribution in [2.45, 2.75) is 44.1 Å². The number of rotatable bonds is 3. The van der Waals surface area contributed by atoms with Crippen LogP contribution in [0.1, 0.15) is 49.0 Å². The Bertz CT molecular complexity index is 432. The number of hydrogen-bond acceptors (Lipinski definition) is 2. The van der Waals surface area contributed by atoms with Crippen LogP contribution in [0.5, 0.6) is 0 Å². The molecule has 1 aliphatic carbocycles. The van der Waals surface area contributed by atoms with Crippen LogP contribution < -0.4 is 5.32 Å². The number of aromatic nitrogens is 1. The van der Waals surface area contributed by atoms with Crippen molar-refractivity contribution in [3.8, 4) is 0 Å². The van der Waals surface area contributed by atoms with Crippen LogP contribution in [-0.4, -0.2) is 28.1 Å². The number of halogens is 2. The van der Waals surface area contributed by atoms with Gasteiger partial charge in [0.15, 0.2) is 0 Å². The van der Waals surface area contributed by atoms with Crippen molar-refractivity contribution in [2.24, 2.45) is 0 Å². The van der Waals surface area contributed by atoms with Crippen molar-refractivity contribution >= 4 is 29.1 Å². The number of carbonyl (C=O) groups is 1. The molecule has 4 nitrogen and oxygen atoms in total. The van der Waals surface area contributed by atoms with Gasteiger partial charge in [-0.2, -0.15) is 0 Å². The van der Waals surface area contributed by atoms with Crippen LogP contribution in [0.3, 0.4) is 0 Å². The maximum absolute atomic E-state index is 11.9. The molecule has 1 aromatic rings. The summed E-state index contributed by atoms with van der Waals surface area (Å²) in [5, 5.41) is 13.7. The topological polar surface area (TPSA) is 65.1 Å². The second-order valence-corrected chi connectivity index (χ2v) is 5.95. The minimum absolute atomic E-state index is 0.250. The molecule has 0 aromatic carbocycles. The summed E-state index contributed by atoms with van der Waals surface area (Å²) < 4.78 is 0. The SMILES string of the molecule is O=C(NCC1(O)CCCCCC1)c1cc(Cl)c(Cl)[nH]1. The van der Waals surface area contributed by atoms with E-state index in [0.29, 0.717) is 10.7 Å². The zero-order valence-electron chi connectivity index (χ0n) is 10.6. The van der Waals surface area contributed by atoms with Crippen LogP contribution in [0.15, 0.2) is 6.07 Å². The number of H-pyrrole nitrogens is 1. The molecular formula is C13H18Cl2N2O2. The van der Waals surface area contributed by atoms with E-state index < -0.39 is 5.60 Å². The van der Waals surface area contributed by atoms with E-state index in [1.807, 2.05) is 0 Å². The molecular weight excluding hydrogens is 287 g/mol. The molecule has 0 bridgehead atoms. The number of carbonyl (C=O) groups excluding carboxylic acids is 1. The predicted octanol–water partition coefficient (Wildman–Crippen LogP) is 3.14. The Labute approximate surface area is 122 Å². The summed E-state index contributed by atoms with van der Waals surface area (Å²) in [6.07, 6.45) is 5.79. The average molecular weight is 305 g/mol. The molecule has 0 aliphatic heterocycles. The van der Waals surface area contributed by atoms with Gasteiger partial charge in [0.2, 0.25) is 0 Å². The third kappa shape index (κ3) is 3.88. The summed E-state index contributed by atoms with van der Waals surface area (Å²) in [7, 11) is 0. The summed E-state index contributed by atoms with van der Waals surface area (Å²) in [4.78, 5) is 14.6. The van der Waals surface area contributed by atoms with Gasteiger partial charge in [0, 0.05) is 6.54 Å². The monoisotopic (exact) mass is 304 g/mol. The van der Waals surface area contributed by atoms with Crippen molar-refractivity contribution in [3.63, 3.8) is 0 Å². The first kappa shape index (κ1) is 14.7. The molecule has 3 N–H and O–H groups in total. The Hall–Kier alpha value is -0.710. The standard InChI is InChI=1S/C13H18Cl2N2O2/c14-9-7-10(17-11(9)15)12(18)16-8-13(19)5-3-1-2-4-6-13/h7,17,19H,1-6,8H2,(H,16,18). The fourth-order valence-electron chi connectivity index (χ4n) is 2.43.